The number of piperidine rings is 2. The molecule has 132 valence electrons. The molecule has 2 fully saturated rings. The van der Waals surface area contributed by atoms with Crippen molar-refractivity contribution in [2.24, 2.45) is 17.3 Å². The molecule has 0 bridgehead atoms. The van der Waals surface area contributed by atoms with E-state index >= 15 is 0 Å². The molecule has 0 aliphatic carbocycles. The maximum atomic E-state index is 3.57. The molecule has 2 aliphatic heterocycles. The Morgan fingerprint density at radius 2 is 1.59 bits per heavy atom. The fourth-order valence-electron chi connectivity index (χ4n) is 4.23. The zero-order valence-electron chi connectivity index (χ0n) is 16.0. The Kier molecular flexibility index (Phi) is 9.66. The van der Waals surface area contributed by atoms with E-state index in [1.165, 1.54) is 71.0 Å². The predicted molar refractivity (Wildman–Crippen MR) is 99.4 cm³/mol. The molecule has 0 aromatic rings. The van der Waals surface area contributed by atoms with Crippen LogP contribution in [0.15, 0.2) is 0 Å². The van der Waals surface area contributed by atoms with Gasteiger partial charge in [-0.05, 0) is 75.4 Å². The molecule has 0 aromatic carbocycles. The van der Waals surface area contributed by atoms with Crippen molar-refractivity contribution in [2.75, 3.05) is 19.6 Å². The van der Waals surface area contributed by atoms with E-state index in [-0.39, 0.29) is 0 Å². The highest BCUT2D eigenvalue weighted by atomic mass is 14.9. The molecule has 0 radical (unpaired) electrons. The van der Waals surface area contributed by atoms with E-state index in [2.05, 4.69) is 45.3 Å². The summed E-state index contributed by atoms with van der Waals surface area (Å²) in [5.74, 6) is 1.71. The number of rotatable bonds is 5. The van der Waals surface area contributed by atoms with Crippen molar-refractivity contribution in [3.05, 3.63) is 0 Å². The van der Waals surface area contributed by atoms with Crippen LogP contribution < -0.4 is 10.6 Å². The lowest BCUT2D eigenvalue weighted by Crippen LogP contribution is -2.41. The molecule has 2 nitrogen and oxygen atoms in total. The first-order chi connectivity index (χ1) is 10.5. The van der Waals surface area contributed by atoms with Gasteiger partial charge in [0.1, 0.15) is 0 Å². The molecule has 2 aliphatic rings. The quantitative estimate of drug-likeness (QED) is 0.748. The van der Waals surface area contributed by atoms with Crippen LogP contribution in [0.25, 0.3) is 0 Å². The summed E-state index contributed by atoms with van der Waals surface area (Å²) in [7, 11) is 0. The van der Waals surface area contributed by atoms with Crippen LogP contribution in [-0.2, 0) is 0 Å². The SMILES string of the molecule is CC1CCC(C(C)C)NC1.CCCC1(CCC)CCNCC1. The van der Waals surface area contributed by atoms with Crippen LogP contribution in [0.2, 0.25) is 0 Å². The number of hydrogen-bond acceptors (Lipinski definition) is 2. The van der Waals surface area contributed by atoms with Crippen LogP contribution in [0, 0.1) is 17.3 Å². The zero-order chi connectivity index (χ0) is 16.4. The van der Waals surface area contributed by atoms with Gasteiger partial charge in [0, 0.05) is 6.04 Å². The first-order valence-electron chi connectivity index (χ1n) is 9.97. The van der Waals surface area contributed by atoms with Gasteiger partial charge in [-0.25, -0.2) is 0 Å². The number of nitrogens with one attached hydrogen (secondary N) is 2. The second-order valence-electron chi connectivity index (χ2n) is 8.19. The Labute approximate surface area is 140 Å². The molecular weight excluding hydrogens is 268 g/mol. The first-order valence-corrected chi connectivity index (χ1v) is 9.97. The second-order valence-corrected chi connectivity index (χ2v) is 8.19. The van der Waals surface area contributed by atoms with Gasteiger partial charge < -0.3 is 10.6 Å². The topological polar surface area (TPSA) is 24.1 Å². The van der Waals surface area contributed by atoms with Crippen LogP contribution in [0.5, 0.6) is 0 Å². The summed E-state index contributed by atoms with van der Waals surface area (Å²) in [5.41, 5.74) is 0.717. The third kappa shape index (κ3) is 7.00. The van der Waals surface area contributed by atoms with Gasteiger partial charge in [-0.15, -0.1) is 0 Å². The van der Waals surface area contributed by atoms with E-state index < -0.39 is 0 Å². The molecule has 2 atom stereocenters. The van der Waals surface area contributed by atoms with Gasteiger partial charge >= 0.3 is 0 Å². The third-order valence-corrected chi connectivity index (χ3v) is 5.73. The molecule has 2 rings (SSSR count). The lowest BCUT2D eigenvalue weighted by molar-refractivity contribution is 0.165. The predicted octanol–water partition coefficient (Wildman–Crippen LogP) is 4.99. The van der Waals surface area contributed by atoms with Crippen molar-refractivity contribution >= 4 is 0 Å². The lowest BCUT2D eigenvalue weighted by atomic mass is 9.72. The van der Waals surface area contributed by atoms with Crippen molar-refractivity contribution in [1.82, 2.24) is 10.6 Å². The molecule has 2 heterocycles. The largest absolute Gasteiger partial charge is 0.317 e. The average molecular weight is 311 g/mol. The van der Waals surface area contributed by atoms with Crippen molar-refractivity contribution < 1.29 is 0 Å². The highest BCUT2D eigenvalue weighted by Crippen LogP contribution is 2.38. The molecule has 0 saturated carbocycles. The molecule has 2 N–H and O–H groups in total. The van der Waals surface area contributed by atoms with Crippen LogP contribution in [0.4, 0.5) is 0 Å². The normalized spacial score (nSPS) is 28.1. The summed E-state index contributed by atoms with van der Waals surface area (Å²) >= 11 is 0. The minimum Gasteiger partial charge on any atom is -0.317 e. The van der Waals surface area contributed by atoms with Crippen LogP contribution in [-0.4, -0.2) is 25.7 Å². The fraction of sp³-hybridized carbons (Fsp3) is 1.00. The van der Waals surface area contributed by atoms with Crippen LogP contribution >= 0.6 is 0 Å². The van der Waals surface area contributed by atoms with E-state index in [1.807, 2.05) is 0 Å². The fourth-order valence-corrected chi connectivity index (χ4v) is 4.23. The van der Waals surface area contributed by atoms with Crippen molar-refractivity contribution in [2.45, 2.75) is 92.0 Å². The number of hydrogen-bond donors (Lipinski definition) is 2. The zero-order valence-corrected chi connectivity index (χ0v) is 16.0. The van der Waals surface area contributed by atoms with Gasteiger partial charge in [-0.2, -0.15) is 0 Å². The van der Waals surface area contributed by atoms with Crippen LogP contribution in [0.1, 0.15) is 86.0 Å². The molecule has 0 aromatic heterocycles. The third-order valence-electron chi connectivity index (χ3n) is 5.73. The van der Waals surface area contributed by atoms with Gasteiger partial charge in [0.2, 0.25) is 0 Å². The van der Waals surface area contributed by atoms with E-state index in [1.54, 1.807) is 0 Å². The highest BCUT2D eigenvalue weighted by Gasteiger charge is 2.29. The Morgan fingerprint density at radius 3 is 2.00 bits per heavy atom. The van der Waals surface area contributed by atoms with Gasteiger partial charge in [-0.3, -0.25) is 0 Å². The Balaban J connectivity index is 0.000000224. The van der Waals surface area contributed by atoms with E-state index in [4.69, 9.17) is 0 Å². The summed E-state index contributed by atoms with van der Waals surface area (Å²) in [4.78, 5) is 0. The van der Waals surface area contributed by atoms with Crippen LogP contribution in [0.3, 0.4) is 0 Å². The van der Waals surface area contributed by atoms with Gasteiger partial charge in [0.25, 0.3) is 0 Å². The maximum absolute atomic E-state index is 3.57. The summed E-state index contributed by atoms with van der Waals surface area (Å²) in [6.07, 6.45) is 11.2. The lowest BCUT2D eigenvalue weighted by Gasteiger charge is -2.37. The standard InChI is InChI=1S/C11H23N.C9H19N/c1-3-5-11(6-4-2)7-9-12-10-8-11;1-7(2)9-5-4-8(3)6-10-9/h12H,3-10H2,1-2H3;7-10H,4-6H2,1-3H3. The monoisotopic (exact) mass is 310 g/mol. The van der Waals surface area contributed by atoms with E-state index in [0.29, 0.717) is 0 Å². The minimum absolute atomic E-state index is 0.717. The van der Waals surface area contributed by atoms with E-state index in [0.717, 1.165) is 23.3 Å². The molecule has 2 heteroatoms. The summed E-state index contributed by atoms with van der Waals surface area (Å²) in [6, 6.07) is 0.788. The summed E-state index contributed by atoms with van der Waals surface area (Å²) < 4.78 is 0. The average Bonchev–Trinajstić information content (AvgIpc) is 2.50. The minimum atomic E-state index is 0.717. The van der Waals surface area contributed by atoms with Gasteiger partial charge in [0.15, 0.2) is 0 Å². The first kappa shape index (κ1) is 20.0. The Morgan fingerprint density at radius 1 is 1.00 bits per heavy atom. The van der Waals surface area contributed by atoms with Crippen molar-refractivity contribution in [3.8, 4) is 0 Å². The Bertz CT molecular complexity index is 245. The molecule has 2 saturated heterocycles. The molecular formula is C20H42N2. The highest BCUT2D eigenvalue weighted by molar-refractivity contribution is 4.83. The van der Waals surface area contributed by atoms with Gasteiger partial charge in [0.05, 0.1) is 0 Å². The molecule has 2 unspecified atom stereocenters. The van der Waals surface area contributed by atoms with Gasteiger partial charge in [-0.1, -0.05) is 47.5 Å². The van der Waals surface area contributed by atoms with Crippen molar-refractivity contribution in [3.63, 3.8) is 0 Å². The smallest absolute Gasteiger partial charge is 0.00902 e. The van der Waals surface area contributed by atoms with E-state index in [9.17, 15) is 0 Å². The summed E-state index contributed by atoms with van der Waals surface area (Å²) in [5, 5.41) is 7.02. The maximum Gasteiger partial charge on any atom is 0.00902 e. The van der Waals surface area contributed by atoms with Crippen molar-refractivity contribution in [1.29, 1.82) is 0 Å². The molecule has 0 amide bonds. The second kappa shape index (κ2) is 10.6. The molecule has 0 spiro atoms. The summed E-state index contributed by atoms with van der Waals surface area (Å²) in [6.45, 7) is 15.3. The Hall–Kier alpha value is -0.0800. The molecule has 22 heavy (non-hydrogen) atoms.